The molecule has 0 atom stereocenters. The molecule has 0 saturated heterocycles. The lowest BCUT2D eigenvalue weighted by atomic mass is 10.0. The summed E-state index contributed by atoms with van der Waals surface area (Å²) < 4.78 is 5.83. The second-order valence-corrected chi connectivity index (χ2v) is 4.68. The number of allylic oxidation sites excluding steroid dienone is 3. The minimum Gasteiger partial charge on any atom is -0.457 e. The number of hydrogen-bond acceptors (Lipinski definition) is 4. The summed E-state index contributed by atoms with van der Waals surface area (Å²) in [6, 6.07) is 7.26. The SMILES string of the molecule is O=C1C=CC(=O)C(C(=O)OCc2ccccc2Br)=C1. The molecule has 1 aliphatic rings. The van der Waals surface area contributed by atoms with Crippen molar-refractivity contribution >= 4 is 33.5 Å². The molecular weight excluding hydrogens is 312 g/mol. The van der Waals surface area contributed by atoms with Crippen molar-refractivity contribution in [3.63, 3.8) is 0 Å². The molecule has 96 valence electrons. The number of halogens is 1. The first kappa shape index (κ1) is 13.4. The van der Waals surface area contributed by atoms with Crippen LogP contribution in [0, 0.1) is 0 Å². The maximum absolute atomic E-state index is 11.7. The van der Waals surface area contributed by atoms with E-state index in [4.69, 9.17) is 4.74 Å². The van der Waals surface area contributed by atoms with Gasteiger partial charge in [0.25, 0.3) is 0 Å². The van der Waals surface area contributed by atoms with Crippen LogP contribution in [0.15, 0.2) is 52.5 Å². The fourth-order valence-corrected chi connectivity index (χ4v) is 1.90. The van der Waals surface area contributed by atoms with E-state index in [1.807, 2.05) is 18.2 Å². The largest absolute Gasteiger partial charge is 0.457 e. The molecule has 2 rings (SSSR count). The van der Waals surface area contributed by atoms with Gasteiger partial charge in [0.1, 0.15) is 12.2 Å². The number of ketones is 2. The predicted molar refractivity (Wildman–Crippen MR) is 71.2 cm³/mol. The highest BCUT2D eigenvalue weighted by Gasteiger charge is 2.22. The highest BCUT2D eigenvalue weighted by Crippen LogP contribution is 2.17. The Hall–Kier alpha value is -2.01. The number of rotatable bonds is 3. The molecule has 1 aromatic carbocycles. The molecule has 5 heteroatoms. The molecule has 0 bridgehead atoms. The Bertz CT molecular complexity index is 614. The number of hydrogen-bond donors (Lipinski definition) is 0. The van der Waals surface area contributed by atoms with Crippen LogP contribution < -0.4 is 0 Å². The molecule has 0 unspecified atom stereocenters. The van der Waals surface area contributed by atoms with Crippen LogP contribution in [0.4, 0.5) is 0 Å². The number of benzene rings is 1. The normalized spacial score (nSPS) is 14.3. The van der Waals surface area contributed by atoms with Crippen LogP contribution >= 0.6 is 15.9 Å². The fraction of sp³-hybridized carbons (Fsp3) is 0.0714. The van der Waals surface area contributed by atoms with E-state index in [-0.39, 0.29) is 12.2 Å². The molecule has 1 aliphatic carbocycles. The Balaban J connectivity index is 2.05. The molecule has 0 amide bonds. The van der Waals surface area contributed by atoms with Crippen molar-refractivity contribution in [2.45, 2.75) is 6.61 Å². The van der Waals surface area contributed by atoms with Crippen molar-refractivity contribution in [2.75, 3.05) is 0 Å². The van der Waals surface area contributed by atoms with Crippen molar-refractivity contribution in [2.24, 2.45) is 0 Å². The lowest BCUT2D eigenvalue weighted by Gasteiger charge is -2.08. The first-order valence-electron chi connectivity index (χ1n) is 5.46. The van der Waals surface area contributed by atoms with E-state index < -0.39 is 17.5 Å². The van der Waals surface area contributed by atoms with Gasteiger partial charge in [-0.05, 0) is 18.2 Å². The van der Waals surface area contributed by atoms with Gasteiger partial charge in [-0.15, -0.1) is 0 Å². The van der Waals surface area contributed by atoms with Crippen molar-refractivity contribution in [1.29, 1.82) is 0 Å². The van der Waals surface area contributed by atoms with Gasteiger partial charge in [0, 0.05) is 16.1 Å². The van der Waals surface area contributed by atoms with Crippen molar-refractivity contribution in [3.8, 4) is 0 Å². The summed E-state index contributed by atoms with van der Waals surface area (Å²) in [5.74, 6) is -1.71. The maximum atomic E-state index is 11.7. The Morgan fingerprint density at radius 1 is 1.16 bits per heavy atom. The highest BCUT2D eigenvalue weighted by atomic mass is 79.9. The zero-order chi connectivity index (χ0) is 13.8. The smallest absolute Gasteiger partial charge is 0.342 e. The van der Waals surface area contributed by atoms with E-state index in [0.717, 1.165) is 28.3 Å². The minimum absolute atomic E-state index is 0.0305. The topological polar surface area (TPSA) is 60.4 Å². The van der Waals surface area contributed by atoms with Gasteiger partial charge in [-0.1, -0.05) is 34.1 Å². The summed E-state index contributed by atoms with van der Waals surface area (Å²) >= 11 is 3.33. The third kappa shape index (κ3) is 3.26. The van der Waals surface area contributed by atoms with Crippen LogP contribution in [-0.2, 0) is 25.7 Å². The number of esters is 1. The van der Waals surface area contributed by atoms with Gasteiger partial charge in [0.2, 0.25) is 0 Å². The van der Waals surface area contributed by atoms with Gasteiger partial charge in [0.15, 0.2) is 11.6 Å². The lowest BCUT2D eigenvalue weighted by Crippen LogP contribution is -2.18. The molecule has 4 nitrogen and oxygen atoms in total. The average molecular weight is 321 g/mol. The van der Waals surface area contributed by atoms with Crippen LogP contribution in [0.25, 0.3) is 0 Å². The first-order valence-corrected chi connectivity index (χ1v) is 6.26. The van der Waals surface area contributed by atoms with Crippen molar-refractivity contribution in [1.82, 2.24) is 0 Å². The molecule has 0 aliphatic heterocycles. The molecule has 0 saturated carbocycles. The molecule has 0 fully saturated rings. The molecule has 1 aromatic rings. The standard InChI is InChI=1S/C14H9BrO4/c15-12-4-2-1-3-9(12)8-19-14(18)11-7-10(16)5-6-13(11)17/h1-7H,8H2. The van der Waals surface area contributed by atoms with Crippen LogP contribution in [-0.4, -0.2) is 17.5 Å². The van der Waals surface area contributed by atoms with Crippen LogP contribution in [0.2, 0.25) is 0 Å². The highest BCUT2D eigenvalue weighted by molar-refractivity contribution is 9.10. The number of carbonyl (C=O) groups excluding carboxylic acids is 3. The summed E-state index contributed by atoms with van der Waals surface area (Å²) in [6.45, 7) is 0.0305. The minimum atomic E-state index is -0.793. The molecule has 19 heavy (non-hydrogen) atoms. The molecule has 0 aromatic heterocycles. The van der Waals surface area contributed by atoms with Crippen LogP contribution in [0.5, 0.6) is 0 Å². The molecule has 0 radical (unpaired) electrons. The maximum Gasteiger partial charge on any atom is 0.342 e. The van der Waals surface area contributed by atoms with Gasteiger partial charge < -0.3 is 4.74 Å². The van der Waals surface area contributed by atoms with E-state index in [0.29, 0.717) is 0 Å². The van der Waals surface area contributed by atoms with Crippen molar-refractivity contribution in [3.05, 3.63) is 58.1 Å². The summed E-state index contributed by atoms with van der Waals surface area (Å²) in [4.78, 5) is 34.3. The number of ether oxygens (including phenoxy) is 1. The second kappa shape index (κ2) is 5.75. The van der Waals surface area contributed by atoms with E-state index in [9.17, 15) is 14.4 Å². The fourth-order valence-electron chi connectivity index (χ4n) is 1.51. The van der Waals surface area contributed by atoms with Gasteiger partial charge in [0.05, 0.1) is 0 Å². The summed E-state index contributed by atoms with van der Waals surface area (Å²) in [6.07, 6.45) is 3.18. The molecule has 0 N–H and O–H groups in total. The number of carbonyl (C=O) groups is 3. The van der Waals surface area contributed by atoms with Gasteiger partial charge >= 0.3 is 5.97 Å². The lowest BCUT2D eigenvalue weighted by molar-refractivity contribution is -0.141. The van der Waals surface area contributed by atoms with E-state index in [1.54, 1.807) is 6.07 Å². The second-order valence-electron chi connectivity index (χ2n) is 3.83. The molecular formula is C14H9BrO4. The average Bonchev–Trinajstić information content (AvgIpc) is 2.40. The molecule has 0 heterocycles. The summed E-state index contributed by atoms with van der Waals surface area (Å²) in [7, 11) is 0. The first-order chi connectivity index (χ1) is 9.08. The van der Waals surface area contributed by atoms with Crippen LogP contribution in [0.1, 0.15) is 5.56 Å². The third-order valence-corrected chi connectivity index (χ3v) is 3.26. The third-order valence-electron chi connectivity index (χ3n) is 2.49. The Morgan fingerprint density at radius 3 is 2.63 bits per heavy atom. The Kier molecular flexibility index (Phi) is 4.06. The van der Waals surface area contributed by atoms with E-state index in [1.165, 1.54) is 0 Å². The quantitative estimate of drug-likeness (QED) is 0.486. The zero-order valence-corrected chi connectivity index (χ0v) is 11.3. The van der Waals surface area contributed by atoms with E-state index >= 15 is 0 Å². The van der Waals surface area contributed by atoms with Gasteiger partial charge in [-0.3, -0.25) is 9.59 Å². The van der Waals surface area contributed by atoms with Gasteiger partial charge in [-0.2, -0.15) is 0 Å². The Labute approximate surface area is 117 Å². The van der Waals surface area contributed by atoms with Gasteiger partial charge in [-0.25, -0.2) is 4.79 Å². The Morgan fingerprint density at radius 2 is 1.89 bits per heavy atom. The molecule has 0 spiro atoms. The monoisotopic (exact) mass is 320 g/mol. The summed E-state index contributed by atoms with van der Waals surface area (Å²) in [5, 5.41) is 0. The van der Waals surface area contributed by atoms with Crippen molar-refractivity contribution < 1.29 is 19.1 Å². The zero-order valence-electron chi connectivity index (χ0n) is 9.76. The predicted octanol–water partition coefficient (Wildman–Crippen LogP) is 2.13. The van der Waals surface area contributed by atoms with E-state index in [2.05, 4.69) is 15.9 Å². The summed E-state index contributed by atoms with van der Waals surface area (Å²) in [5.41, 5.74) is 0.543. The van der Waals surface area contributed by atoms with Crippen LogP contribution in [0.3, 0.4) is 0 Å².